The molecule has 9 nitrogen and oxygen atoms in total. The van der Waals surface area contributed by atoms with E-state index in [1.807, 2.05) is 0 Å². The van der Waals surface area contributed by atoms with Crippen molar-refractivity contribution in [3.63, 3.8) is 0 Å². The van der Waals surface area contributed by atoms with Crippen molar-refractivity contribution in [2.24, 2.45) is 0 Å². The molecule has 172 valence electrons. The first-order valence-corrected chi connectivity index (χ1v) is 10.0. The summed E-state index contributed by atoms with van der Waals surface area (Å²) in [5.74, 6) is -2.78. The van der Waals surface area contributed by atoms with E-state index in [0.29, 0.717) is 10.5 Å². The van der Waals surface area contributed by atoms with Gasteiger partial charge in [0.1, 0.15) is 18.1 Å². The van der Waals surface area contributed by atoms with Crippen LogP contribution in [0.15, 0.2) is 42.1 Å². The molecule has 2 aromatic carbocycles. The van der Waals surface area contributed by atoms with Crippen LogP contribution in [0.2, 0.25) is 10.0 Å². The Kier molecular flexibility index (Phi) is 7.52. The van der Waals surface area contributed by atoms with Crippen LogP contribution in [0, 0.1) is 5.82 Å². The standard InChI is InChI=1S/C21H16Cl2FN3O6/c1-32-18(29)10-33-19-12(22)6-11(7-13(19)23)8-16-20(30)27(21(31)26-16)9-17(28)25-15-5-3-2-4-14(15)24/h2-8H,9-10H2,1H3,(H,25,28)(H,26,31)/b16-8+. The second-order valence-electron chi connectivity index (χ2n) is 6.59. The zero-order chi connectivity index (χ0) is 24.1. The Balaban J connectivity index is 1.72. The average Bonchev–Trinajstić information content (AvgIpc) is 3.01. The first-order chi connectivity index (χ1) is 15.7. The molecule has 1 saturated heterocycles. The molecule has 0 atom stereocenters. The summed E-state index contributed by atoms with van der Waals surface area (Å²) >= 11 is 12.3. The van der Waals surface area contributed by atoms with Crippen LogP contribution in [0.1, 0.15) is 5.56 Å². The van der Waals surface area contributed by atoms with E-state index in [1.54, 1.807) is 0 Å². The molecule has 0 aromatic heterocycles. The first kappa shape index (κ1) is 24.0. The zero-order valence-corrected chi connectivity index (χ0v) is 18.5. The monoisotopic (exact) mass is 495 g/mol. The number of urea groups is 1. The summed E-state index contributed by atoms with van der Waals surface area (Å²) in [6.07, 6.45) is 1.30. The molecule has 0 radical (unpaired) electrons. The van der Waals surface area contributed by atoms with Crippen LogP contribution in [0.5, 0.6) is 5.75 Å². The molecule has 0 spiro atoms. The molecular formula is C21H16Cl2FN3O6. The Morgan fingerprint density at radius 3 is 2.48 bits per heavy atom. The lowest BCUT2D eigenvalue weighted by Gasteiger charge is -2.12. The number of benzene rings is 2. The van der Waals surface area contributed by atoms with Gasteiger partial charge in [-0.2, -0.15) is 0 Å². The molecule has 33 heavy (non-hydrogen) atoms. The summed E-state index contributed by atoms with van der Waals surface area (Å²) in [5, 5.41) is 4.75. The van der Waals surface area contributed by atoms with Crippen molar-refractivity contribution < 1.29 is 33.0 Å². The van der Waals surface area contributed by atoms with Crippen LogP contribution in [0.3, 0.4) is 0 Å². The summed E-state index contributed by atoms with van der Waals surface area (Å²) in [4.78, 5) is 48.9. The molecule has 4 amide bonds. The number of amides is 4. The molecular weight excluding hydrogens is 480 g/mol. The second-order valence-corrected chi connectivity index (χ2v) is 7.40. The Morgan fingerprint density at radius 1 is 1.18 bits per heavy atom. The largest absolute Gasteiger partial charge is 0.479 e. The van der Waals surface area contributed by atoms with Gasteiger partial charge in [-0.05, 0) is 35.9 Å². The molecule has 0 unspecified atom stereocenters. The molecule has 0 bridgehead atoms. The Morgan fingerprint density at radius 2 is 1.85 bits per heavy atom. The van der Waals surface area contributed by atoms with Crippen LogP contribution in [0.25, 0.3) is 6.08 Å². The number of carbonyl (C=O) groups excluding carboxylic acids is 4. The number of rotatable bonds is 7. The van der Waals surface area contributed by atoms with Gasteiger partial charge in [-0.25, -0.2) is 18.9 Å². The third kappa shape index (κ3) is 5.79. The molecule has 2 aromatic rings. The second kappa shape index (κ2) is 10.3. The summed E-state index contributed by atoms with van der Waals surface area (Å²) in [7, 11) is 1.20. The molecule has 1 heterocycles. The van der Waals surface area contributed by atoms with E-state index in [9.17, 15) is 23.6 Å². The van der Waals surface area contributed by atoms with Gasteiger partial charge in [0, 0.05) is 0 Å². The van der Waals surface area contributed by atoms with Gasteiger partial charge in [0.2, 0.25) is 5.91 Å². The third-order valence-electron chi connectivity index (χ3n) is 4.31. The number of ether oxygens (including phenoxy) is 2. The van der Waals surface area contributed by atoms with Gasteiger partial charge in [0.05, 0.1) is 22.8 Å². The van der Waals surface area contributed by atoms with Gasteiger partial charge < -0.3 is 20.1 Å². The van der Waals surface area contributed by atoms with E-state index in [2.05, 4.69) is 15.4 Å². The molecule has 12 heteroatoms. The minimum Gasteiger partial charge on any atom is -0.479 e. The van der Waals surface area contributed by atoms with Gasteiger partial charge in [-0.15, -0.1) is 0 Å². The number of nitrogens with zero attached hydrogens (tertiary/aromatic N) is 1. The van der Waals surface area contributed by atoms with Crippen LogP contribution in [-0.4, -0.2) is 49.0 Å². The topological polar surface area (TPSA) is 114 Å². The lowest BCUT2D eigenvalue weighted by Crippen LogP contribution is -2.38. The predicted molar refractivity (Wildman–Crippen MR) is 117 cm³/mol. The maximum atomic E-state index is 13.7. The maximum absolute atomic E-state index is 13.7. The molecule has 1 aliphatic rings. The normalized spacial score (nSPS) is 14.3. The van der Waals surface area contributed by atoms with Crippen molar-refractivity contribution in [1.29, 1.82) is 0 Å². The number of para-hydroxylation sites is 1. The fourth-order valence-electron chi connectivity index (χ4n) is 2.77. The molecule has 0 saturated carbocycles. The van der Waals surface area contributed by atoms with E-state index >= 15 is 0 Å². The van der Waals surface area contributed by atoms with E-state index in [0.717, 1.165) is 6.07 Å². The van der Waals surface area contributed by atoms with E-state index in [1.165, 1.54) is 43.5 Å². The van der Waals surface area contributed by atoms with Crippen molar-refractivity contribution >= 4 is 58.8 Å². The van der Waals surface area contributed by atoms with Crippen LogP contribution >= 0.6 is 23.2 Å². The highest BCUT2D eigenvalue weighted by molar-refractivity contribution is 6.37. The maximum Gasteiger partial charge on any atom is 0.343 e. The number of halogens is 3. The highest BCUT2D eigenvalue weighted by atomic mass is 35.5. The number of imide groups is 1. The molecule has 1 fully saturated rings. The lowest BCUT2D eigenvalue weighted by molar-refractivity contribution is -0.142. The number of hydrogen-bond donors (Lipinski definition) is 2. The van der Waals surface area contributed by atoms with Crippen LogP contribution in [0.4, 0.5) is 14.9 Å². The Bertz CT molecular complexity index is 1150. The van der Waals surface area contributed by atoms with Crippen molar-refractivity contribution in [1.82, 2.24) is 10.2 Å². The van der Waals surface area contributed by atoms with Crippen LogP contribution < -0.4 is 15.4 Å². The van der Waals surface area contributed by atoms with E-state index in [-0.39, 0.29) is 27.2 Å². The van der Waals surface area contributed by atoms with Gasteiger partial charge in [-0.3, -0.25) is 9.59 Å². The van der Waals surface area contributed by atoms with E-state index in [4.69, 9.17) is 27.9 Å². The molecule has 0 aliphatic carbocycles. The van der Waals surface area contributed by atoms with Gasteiger partial charge in [0.15, 0.2) is 12.4 Å². The number of esters is 1. The Hall–Kier alpha value is -3.63. The first-order valence-electron chi connectivity index (χ1n) is 9.27. The summed E-state index contributed by atoms with van der Waals surface area (Å²) < 4.78 is 23.4. The molecule has 3 rings (SSSR count). The highest BCUT2D eigenvalue weighted by Gasteiger charge is 2.35. The Labute approximate surface area is 197 Å². The zero-order valence-electron chi connectivity index (χ0n) is 17.0. The minimum absolute atomic E-state index is 0.0408. The van der Waals surface area contributed by atoms with Gasteiger partial charge in [-0.1, -0.05) is 35.3 Å². The van der Waals surface area contributed by atoms with Gasteiger partial charge in [0.25, 0.3) is 5.91 Å². The van der Waals surface area contributed by atoms with Crippen molar-refractivity contribution in [3.8, 4) is 5.75 Å². The molecule has 2 N–H and O–H groups in total. The summed E-state index contributed by atoms with van der Waals surface area (Å²) in [5.41, 5.74) is 0.134. The number of anilines is 1. The number of hydrogen-bond acceptors (Lipinski definition) is 6. The van der Waals surface area contributed by atoms with Gasteiger partial charge >= 0.3 is 12.0 Å². The molecule has 1 aliphatic heterocycles. The SMILES string of the molecule is COC(=O)COc1c(Cl)cc(/C=C2/NC(=O)N(CC(=O)Nc3ccccc3F)C2=O)cc1Cl. The number of methoxy groups -OCH3 is 1. The predicted octanol–water partition coefficient (Wildman–Crippen LogP) is 3.22. The fraction of sp³-hybridized carbons (Fsp3) is 0.143. The number of carbonyl (C=O) groups is 4. The summed E-state index contributed by atoms with van der Waals surface area (Å²) in [6, 6.07) is 7.46. The minimum atomic E-state index is -0.829. The van der Waals surface area contributed by atoms with Crippen molar-refractivity contribution in [2.45, 2.75) is 0 Å². The highest BCUT2D eigenvalue weighted by Crippen LogP contribution is 2.35. The fourth-order valence-corrected chi connectivity index (χ4v) is 3.38. The number of nitrogens with one attached hydrogen (secondary N) is 2. The van der Waals surface area contributed by atoms with Crippen LogP contribution in [-0.2, 0) is 19.1 Å². The quantitative estimate of drug-likeness (QED) is 0.346. The van der Waals surface area contributed by atoms with Crippen molar-refractivity contribution in [3.05, 3.63) is 63.5 Å². The lowest BCUT2D eigenvalue weighted by atomic mass is 10.1. The smallest absolute Gasteiger partial charge is 0.343 e. The van der Waals surface area contributed by atoms with Crippen molar-refractivity contribution in [2.75, 3.05) is 25.6 Å². The van der Waals surface area contributed by atoms with E-state index < -0.39 is 42.8 Å². The third-order valence-corrected chi connectivity index (χ3v) is 4.87. The average molecular weight is 496 g/mol. The summed E-state index contributed by atoms with van der Waals surface area (Å²) in [6.45, 7) is -1.03.